The molecule has 1 N–H and O–H groups in total. The van der Waals surface area contributed by atoms with Crippen LogP contribution in [-0.4, -0.2) is 39.3 Å². The molecule has 0 saturated carbocycles. The van der Waals surface area contributed by atoms with Gasteiger partial charge in [-0.1, -0.05) is 35.9 Å². The van der Waals surface area contributed by atoms with Gasteiger partial charge in [-0.2, -0.15) is 0 Å². The number of halogens is 1. The summed E-state index contributed by atoms with van der Waals surface area (Å²) >= 11 is 6.19. The topological polar surface area (TPSA) is 75.2 Å². The second kappa shape index (κ2) is 7.32. The van der Waals surface area contributed by atoms with E-state index in [4.69, 9.17) is 11.6 Å². The highest BCUT2D eigenvalue weighted by atomic mass is 35.5. The molecule has 1 fully saturated rings. The fraction of sp³-hybridized carbons (Fsp3) is 0.200. The number of nitrogens with zero attached hydrogens (tertiary/aromatic N) is 3. The quantitative estimate of drug-likeness (QED) is 0.755. The number of rotatable bonds is 4. The van der Waals surface area contributed by atoms with Crippen molar-refractivity contribution in [1.82, 2.24) is 20.2 Å². The maximum absolute atomic E-state index is 12.7. The van der Waals surface area contributed by atoms with E-state index < -0.39 is 0 Å². The van der Waals surface area contributed by atoms with Crippen molar-refractivity contribution in [3.8, 4) is 0 Å². The average Bonchev–Trinajstić information content (AvgIpc) is 3.02. The summed E-state index contributed by atoms with van der Waals surface area (Å²) in [7, 11) is 0. The third-order valence-corrected chi connectivity index (χ3v) is 4.98. The molecule has 1 atom stereocenters. The van der Waals surface area contributed by atoms with Crippen molar-refractivity contribution in [3.63, 3.8) is 0 Å². The van der Waals surface area contributed by atoms with Gasteiger partial charge in [-0.25, -0.2) is 0 Å². The number of para-hydroxylation sites is 1. The fourth-order valence-electron chi connectivity index (χ4n) is 3.29. The lowest BCUT2D eigenvalue weighted by Crippen LogP contribution is -2.37. The first-order valence-corrected chi connectivity index (χ1v) is 9.01. The molecule has 1 aliphatic heterocycles. The molecule has 2 aromatic carbocycles. The normalized spacial score (nSPS) is 16.7. The lowest BCUT2D eigenvalue weighted by molar-refractivity contribution is -0.128. The van der Waals surface area contributed by atoms with Crippen molar-refractivity contribution in [2.24, 2.45) is 0 Å². The molecular weight excluding hydrogens is 364 g/mol. The van der Waals surface area contributed by atoms with E-state index in [1.165, 1.54) is 0 Å². The molecule has 1 saturated heterocycles. The van der Waals surface area contributed by atoms with Crippen LogP contribution in [0.25, 0.3) is 11.0 Å². The Labute approximate surface area is 161 Å². The van der Waals surface area contributed by atoms with E-state index in [0.29, 0.717) is 34.7 Å². The molecule has 4 rings (SSSR count). The Morgan fingerprint density at radius 1 is 1.15 bits per heavy atom. The van der Waals surface area contributed by atoms with Crippen LogP contribution in [0.15, 0.2) is 54.9 Å². The summed E-state index contributed by atoms with van der Waals surface area (Å²) in [5.41, 5.74) is 2.56. The van der Waals surface area contributed by atoms with E-state index in [1.807, 2.05) is 24.3 Å². The minimum atomic E-state index is -0.251. The van der Waals surface area contributed by atoms with Crippen LogP contribution in [0.3, 0.4) is 0 Å². The van der Waals surface area contributed by atoms with Gasteiger partial charge in [0.05, 0.1) is 17.1 Å². The Morgan fingerprint density at radius 3 is 2.81 bits per heavy atom. The minimum Gasteiger partial charge on any atom is -0.347 e. The highest BCUT2D eigenvalue weighted by molar-refractivity contribution is 6.31. The van der Waals surface area contributed by atoms with Crippen molar-refractivity contribution >= 4 is 34.4 Å². The van der Waals surface area contributed by atoms with Gasteiger partial charge in [0, 0.05) is 36.9 Å². The number of fused-ring (bicyclic) bond motifs is 1. The van der Waals surface area contributed by atoms with Crippen molar-refractivity contribution in [1.29, 1.82) is 0 Å². The smallest absolute Gasteiger partial charge is 0.253 e. The zero-order chi connectivity index (χ0) is 18.8. The molecule has 0 spiro atoms. The lowest BCUT2D eigenvalue weighted by Gasteiger charge is -2.18. The Morgan fingerprint density at radius 2 is 1.96 bits per heavy atom. The summed E-state index contributed by atoms with van der Waals surface area (Å²) < 4.78 is 0. The summed E-state index contributed by atoms with van der Waals surface area (Å²) in [6.07, 6.45) is 3.42. The van der Waals surface area contributed by atoms with Gasteiger partial charge < -0.3 is 10.2 Å². The monoisotopic (exact) mass is 380 g/mol. The van der Waals surface area contributed by atoms with E-state index in [2.05, 4.69) is 15.3 Å². The molecule has 2 amide bonds. The van der Waals surface area contributed by atoms with Crippen molar-refractivity contribution < 1.29 is 9.59 Å². The van der Waals surface area contributed by atoms with Crippen molar-refractivity contribution in [2.75, 3.05) is 6.54 Å². The number of hydrogen-bond donors (Lipinski definition) is 1. The molecular formula is C20H17ClN4O2. The third-order valence-electron chi connectivity index (χ3n) is 4.61. The summed E-state index contributed by atoms with van der Waals surface area (Å²) in [5, 5.41) is 3.58. The molecule has 0 bridgehead atoms. The number of carbonyl (C=O) groups is 2. The van der Waals surface area contributed by atoms with Gasteiger partial charge in [0.2, 0.25) is 5.91 Å². The van der Waals surface area contributed by atoms with Gasteiger partial charge in [0.15, 0.2) is 0 Å². The Hall–Kier alpha value is -2.99. The molecule has 7 heteroatoms. The Bertz CT molecular complexity index is 1020. The van der Waals surface area contributed by atoms with Crippen LogP contribution >= 0.6 is 11.6 Å². The molecule has 3 aromatic rings. The molecule has 0 aliphatic carbocycles. The zero-order valence-corrected chi connectivity index (χ0v) is 15.2. The molecule has 136 valence electrons. The predicted octanol–water partition coefficient (Wildman–Crippen LogP) is 2.81. The predicted molar refractivity (Wildman–Crippen MR) is 102 cm³/mol. The SMILES string of the molecule is O=C(NC1CC(=O)N(Cc2ccccc2Cl)C1)c1cccc2nccnc12. The number of benzene rings is 2. The zero-order valence-electron chi connectivity index (χ0n) is 14.4. The molecule has 0 radical (unpaired) electrons. The van der Waals surface area contributed by atoms with Crippen LogP contribution in [0.1, 0.15) is 22.3 Å². The van der Waals surface area contributed by atoms with Gasteiger partial charge in [-0.3, -0.25) is 19.6 Å². The van der Waals surface area contributed by atoms with E-state index in [1.54, 1.807) is 35.5 Å². The van der Waals surface area contributed by atoms with E-state index >= 15 is 0 Å². The van der Waals surface area contributed by atoms with Crippen LogP contribution in [0.2, 0.25) is 5.02 Å². The van der Waals surface area contributed by atoms with Gasteiger partial charge in [0.25, 0.3) is 5.91 Å². The highest BCUT2D eigenvalue weighted by Crippen LogP contribution is 2.21. The maximum atomic E-state index is 12.7. The van der Waals surface area contributed by atoms with Gasteiger partial charge >= 0.3 is 0 Å². The molecule has 1 unspecified atom stereocenters. The molecule has 1 aromatic heterocycles. The second-order valence-electron chi connectivity index (χ2n) is 6.47. The number of amides is 2. The van der Waals surface area contributed by atoms with Crippen molar-refractivity contribution in [2.45, 2.75) is 19.0 Å². The summed E-state index contributed by atoms with van der Waals surface area (Å²) in [5.74, 6) is -0.253. The first-order valence-electron chi connectivity index (χ1n) is 8.63. The molecule has 27 heavy (non-hydrogen) atoms. The highest BCUT2D eigenvalue weighted by Gasteiger charge is 2.31. The van der Waals surface area contributed by atoms with E-state index in [-0.39, 0.29) is 24.3 Å². The van der Waals surface area contributed by atoms with Crippen LogP contribution in [0.5, 0.6) is 0 Å². The van der Waals surface area contributed by atoms with Crippen LogP contribution in [0.4, 0.5) is 0 Å². The van der Waals surface area contributed by atoms with Crippen LogP contribution in [-0.2, 0) is 11.3 Å². The van der Waals surface area contributed by atoms with Gasteiger partial charge in [-0.15, -0.1) is 0 Å². The fourth-order valence-corrected chi connectivity index (χ4v) is 3.49. The number of likely N-dealkylation sites (tertiary alicyclic amines) is 1. The first kappa shape index (κ1) is 17.4. The number of aromatic nitrogens is 2. The number of nitrogens with one attached hydrogen (secondary N) is 1. The Balaban J connectivity index is 1.46. The largest absolute Gasteiger partial charge is 0.347 e. The van der Waals surface area contributed by atoms with Gasteiger partial charge in [-0.05, 0) is 23.8 Å². The maximum Gasteiger partial charge on any atom is 0.253 e. The minimum absolute atomic E-state index is 0.00192. The van der Waals surface area contributed by atoms with E-state index in [9.17, 15) is 9.59 Å². The lowest BCUT2D eigenvalue weighted by atomic mass is 10.1. The molecule has 2 heterocycles. The summed E-state index contributed by atoms with van der Waals surface area (Å²) in [6, 6.07) is 12.5. The van der Waals surface area contributed by atoms with E-state index in [0.717, 1.165) is 5.56 Å². The van der Waals surface area contributed by atoms with Gasteiger partial charge in [0.1, 0.15) is 5.52 Å². The van der Waals surface area contributed by atoms with Crippen LogP contribution < -0.4 is 5.32 Å². The summed E-state index contributed by atoms with van der Waals surface area (Å²) in [4.78, 5) is 35.2. The summed E-state index contributed by atoms with van der Waals surface area (Å²) in [6.45, 7) is 0.886. The molecule has 6 nitrogen and oxygen atoms in total. The van der Waals surface area contributed by atoms with Crippen LogP contribution in [0, 0.1) is 0 Å². The average molecular weight is 381 g/mol. The second-order valence-corrected chi connectivity index (χ2v) is 6.88. The molecule has 1 aliphatic rings. The standard InChI is InChI=1S/C20H17ClN4O2/c21-16-6-2-1-4-13(16)11-25-12-14(10-18(25)26)24-20(27)15-5-3-7-17-19(15)23-9-8-22-17/h1-9,14H,10-12H2,(H,24,27). The third kappa shape index (κ3) is 3.61. The number of carbonyl (C=O) groups excluding carboxylic acids is 2. The first-order chi connectivity index (χ1) is 13.1. The van der Waals surface area contributed by atoms with Crippen molar-refractivity contribution in [3.05, 3.63) is 71.0 Å². The Kier molecular flexibility index (Phi) is 4.73. The number of hydrogen-bond acceptors (Lipinski definition) is 4.